The zero-order valence-electron chi connectivity index (χ0n) is 16.9. The first kappa shape index (κ1) is 21.0. The minimum Gasteiger partial charge on any atom is -0.495 e. The second-order valence-electron chi connectivity index (χ2n) is 6.67. The summed E-state index contributed by atoms with van der Waals surface area (Å²) in [5.74, 6) is 1.07. The molecular formula is C22H18Cl2N4O3. The van der Waals surface area contributed by atoms with Crippen LogP contribution in [0, 0.1) is 0 Å². The summed E-state index contributed by atoms with van der Waals surface area (Å²) in [7, 11) is 4.59. The Balaban J connectivity index is 1.89. The molecule has 4 aromatic rings. The van der Waals surface area contributed by atoms with Crippen molar-refractivity contribution >= 4 is 45.9 Å². The number of halogens is 2. The zero-order valence-corrected chi connectivity index (χ0v) is 18.5. The molecule has 0 saturated heterocycles. The monoisotopic (exact) mass is 456 g/mol. The third-order valence-corrected chi connectivity index (χ3v) is 5.57. The van der Waals surface area contributed by atoms with E-state index in [-0.39, 0.29) is 21.2 Å². The first-order chi connectivity index (χ1) is 14.9. The van der Waals surface area contributed by atoms with Gasteiger partial charge in [-0.15, -0.1) is 0 Å². The number of ether oxygens (including phenoxy) is 2. The zero-order chi connectivity index (χ0) is 22.1. The molecule has 4 rings (SSSR count). The molecule has 0 amide bonds. The van der Waals surface area contributed by atoms with Gasteiger partial charge < -0.3 is 14.8 Å². The molecule has 0 radical (unpaired) electrons. The lowest BCUT2D eigenvalue weighted by Gasteiger charge is -2.16. The van der Waals surface area contributed by atoms with E-state index in [0.717, 1.165) is 5.69 Å². The number of para-hydroxylation sites is 1. The van der Waals surface area contributed by atoms with E-state index in [1.165, 1.54) is 18.8 Å². The highest BCUT2D eigenvalue weighted by Gasteiger charge is 2.22. The lowest BCUT2D eigenvalue weighted by molar-refractivity contribution is 0.395. The summed E-state index contributed by atoms with van der Waals surface area (Å²) in [5.41, 5.74) is 1.59. The Kier molecular flexibility index (Phi) is 5.71. The Labute approximate surface area is 188 Å². The van der Waals surface area contributed by atoms with E-state index in [0.29, 0.717) is 34.0 Å². The highest BCUT2D eigenvalue weighted by molar-refractivity contribution is 6.41. The highest BCUT2D eigenvalue weighted by Crippen LogP contribution is 2.45. The predicted molar refractivity (Wildman–Crippen MR) is 123 cm³/mol. The molecule has 0 unspecified atom stereocenters. The summed E-state index contributed by atoms with van der Waals surface area (Å²) in [6.45, 7) is 0. The van der Waals surface area contributed by atoms with Gasteiger partial charge >= 0.3 is 0 Å². The number of aromatic nitrogens is 3. The average Bonchev–Trinajstić information content (AvgIpc) is 2.78. The molecule has 2 aromatic carbocycles. The van der Waals surface area contributed by atoms with Gasteiger partial charge in [0.2, 0.25) is 5.95 Å². The first-order valence-electron chi connectivity index (χ1n) is 9.23. The van der Waals surface area contributed by atoms with E-state index in [2.05, 4.69) is 15.3 Å². The minimum atomic E-state index is -0.323. The second kappa shape index (κ2) is 8.45. The van der Waals surface area contributed by atoms with Crippen molar-refractivity contribution in [2.45, 2.75) is 0 Å². The Morgan fingerprint density at radius 2 is 1.65 bits per heavy atom. The largest absolute Gasteiger partial charge is 0.495 e. The summed E-state index contributed by atoms with van der Waals surface area (Å²) < 4.78 is 12.1. The van der Waals surface area contributed by atoms with Crippen molar-refractivity contribution in [1.29, 1.82) is 0 Å². The van der Waals surface area contributed by atoms with Crippen molar-refractivity contribution in [3.05, 3.63) is 69.1 Å². The van der Waals surface area contributed by atoms with Crippen LogP contribution >= 0.6 is 23.2 Å². The van der Waals surface area contributed by atoms with Crippen LogP contribution in [0.15, 0.2) is 53.5 Å². The van der Waals surface area contributed by atoms with Crippen molar-refractivity contribution in [2.75, 3.05) is 19.5 Å². The number of aryl methyl sites for hydroxylation is 1. The molecule has 7 nitrogen and oxygen atoms in total. The van der Waals surface area contributed by atoms with Gasteiger partial charge in [-0.25, -0.2) is 4.98 Å². The van der Waals surface area contributed by atoms with Gasteiger partial charge in [0.1, 0.15) is 17.1 Å². The smallest absolute Gasteiger partial charge is 0.259 e. The number of nitrogens with zero attached hydrogens (tertiary/aromatic N) is 3. The third kappa shape index (κ3) is 3.78. The van der Waals surface area contributed by atoms with Gasteiger partial charge in [0.05, 0.1) is 29.8 Å². The van der Waals surface area contributed by atoms with Crippen molar-refractivity contribution in [3.63, 3.8) is 0 Å². The van der Waals surface area contributed by atoms with Crippen molar-refractivity contribution in [3.8, 4) is 22.6 Å². The molecule has 0 spiro atoms. The van der Waals surface area contributed by atoms with E-state index in [1.807, 2.05) is 30.3 Å². The highest BCUT2D eigenvalue weighted by atomic mass is 35.5. The molecule has 0 aliphatic carbocycles. The summed E-state index contributed by atoms with van der Waals surface area (Å²) in [6, 6.07) is 12.8. The Morgan fingerprint density at radius 3 is 2.26 bits per heavy atom. The number of fused-ring (bicyclic) bond motifs is 1. The van der Waals surface area contributed by atoms with Gasteiger partial charge in [0.15, 0.2) is 0 Å². The van der Waals surface area contributed by atoms with Crippen LogP contribution < -0.4 is 20.3 Å². The molecule has 158 valence electrons. The molecule has 2 heterocycles. The van der Waals surface area contributed by atoms with Crippen LogP contribution in [0.3, 0.4) is 0 Å². The van der Waals surface area contributed by atoms with Crippen LogP contribution in [0.25, 0.3) is 22.2 Å². The average molecular weight is 457 g/mol. The number of anilines is 2. The topological polar surface area (TPSA) is 78.3 Å². The molecule has 0 bridgehead atoms. The lowest BCUT2D eigenvalue weighted by atomic mass is 10.0. The molecule has 0 atom stereocenters. The minimum absolute atomic E-state index is 0.216. The van der Waals surface area contributed by atoms with Crippen LogP contribution in [-0.4, -0.2) is 28.8 Å². The van der Waals surface area contributed by atoms with Crippen LogP contribution in [0.2, 0.25) is 10.0 Å². The maximum atomic E-state index is 13.2. The SMILES string of the molecule is COc1cc(OC)c(Cl)c(-c2cc3cnc(Nc4ccccc4)nc3n(C)c2=O)c1Cl. The van der Waals surface area contributed by atoms with E-state index in [9.17, 15) is 4.79 Å². The van der Waals surface area contributed by atoms with Gasteiger partial charge in [0.25, 0.3) is 5.56 Å². The molecule has 9 heteroatoms. The molecule has 0 aliphatic rings. The second-order valence-corrected chi connectivity index (χ2v) is 7.43. The van der Waals surface area contributed by atoms with Crippen molar-refractivity contribution in [1.82, 2.24) is 14.5 Å². The number of rotatable bonds is 5. The van der Waals surface area contributed by atoms with Gasteiger partial charge in [-0.1, -0.05) is 41.4 Å². The molecule has 0 saturated carbocycles. The van der Waals surface area contributed by atoms with E-state index in [1.54, 1.807) is 25.4 Å². The van der Waals surface area contributed by atoms with Crippen LogP contribution in [0.1, 0.15) is 0 Å². The molecule has 2 aromatic heterocycles. The summed E-state index contributed by atoms with van der Waals surface area (Å²) in [5, 5.41) is 4.20. The molecule has 0 fully saturated rings. The van der Waals surface area contributed by atoms with Gasteiger partial charge in [0, 0.05) is 35.9 Å². The number of pyridine rings is 1. The quantitative estimate of drug-likeness (QED) is 0.451. The first-order valence-corrected chi connectivity index (χ1v) is 9.99. The Morgan fingerprint density at radius 1 is 1.00 bits per heavy atom. The summed E-state index contributed by atoms with van der Waals surface area (Å²) in [4.78, 5) is 22.1. The summed E-state index contributed by atoms with van der Waals surface area (Å²) >= 11 is 13.0. The van der Waals surface area contributed by atoms with Crippen LogP contribution in [-0.2, 0) is 7.05 Å². The molecule has 31 heavy (non-hydrogen) atoms. The number of nitrogens with one attached hydrogen (secondary N) is 1. The molecular weight excluding hydrogens is 439 g/mol. The lowest BCUT2D eigenvalue weighted by Crippen LogP contribution is -2.20. The fraction of sp³-hybridized carbons (Fsp3) is 0.136. The van der Waals surface area contributed by atoms with Gasteiger partial charge in [-0.2, -0.15) is 4.98 Å². The van der Waals surface area contributed by atoms with Crippen LogP contribution in [0.4, 0.5) is 11.6 Å². The molecule has 1 N–H and O–H groups in total. The fourth-order valence-corrected chi connectivity index (χ4v) is 3.96. The maximum absolute atomic E-state index is 13.2. The maximum Gasteiger partial charge on any atom is 0.259 e. The normalized spacial score (nSPS) is 10.9. The van der Waals surface area contributed by atoms with Gasteiger partial charge in [-0.3, -0.25) is 9.36 Å². The van der Waals surface area contributed by atoms with Gasteiger partial charge in [-0.05, 0) is 18.2 Å². The van der Waals surface area contributed by atoms with E-state index < -0.39 is 0 Å². The fourth-order valence-electron chi connectivity index (χ4n) is 3.26. The van der Waals surface area contributed by atoms with E-state index >= 15 is 0 Å². The standard InChI is InChI=1S/C22H18Cl2N4O3/c1-28-20-12(11-25-22(27-20)26-13-7-5-4-6-8-13)9-14(21(28)29)17-18(23)15(30-2)10-16(31-3)19(17)24/h4-11H,1-3H3,(H,25,26,27). The van der Waals surface area contributed by atoms with Crippen LogP contribution in [0.5, 0.6) is 11.5 Å². The number of benzene rings is 2. The van der Waals surface area contributed by atoms with E-state index in [4.69, 9.17) is 32.7 Å². The number of methoxy groups -OCH3 is 2. The number of hydrogen-bond acceptors (Lipinski definition) is 6. The third-order valence-electron chi connectivity index (χ3n) is 4.82. The Hall–Kier alpha value is -3.29. The number of hydrogen-bond donors (Lipinski definition) is 1. The Bertz CT molecular complexity index is 1310. The van der Waals surface area contributed by atoms with Crippen molar-refractivity contribution < 1.29 is 9.47 Å². The predicted octanol–water partition coefficient (Wildman–Crippen LogP) is 5.06. The summed E-state index contributed by atoms with van der Waals surface area (Å²) in [6.07, 6.45) is 1.63. The van der Waals surface area contributed by atoms with Crippen molar-refractivity contribution in [2.24, 2.45) is 7.05 Å². The molecule has 0 aliphatic heterocycles.